The van der Waals surface area contributed by atoms with Gasteiger partial charge in [0.25, 0.3) is 11.5 Å². The zero-order valence-electron chi connectivity index (χ0n) is 14.1. The number of rotatable bonds is 5. The summed E-state index contributed by atoms with van der Waals surface area (Å²) in [5.41, 5.74) is 0.662. The Bertz CT molecular complexity index is 951. The van der Waals surface area contributed by atoms with E-state index in [1.54, 1.807) is 43.5 Å². The van der Waals surface area contributed by atoms with Gasteiger partial charge in [0.05, 0.1) is 11.7 Å². The molecule has 1 amide bonds. The standard InChI is InChI=1S/C19H17BrN2O4/c1-3-8-21-15-9-13(4-6-16(15)26-11-18(21)24)19(25)12(2)22-10-14(20)5-7-17(22)23/h3-7,9-10,12H,1,8,11H2,2H3. The molecule has 1 aliphatic heterocycles. The van der Waals surface area contributed by atoms with Crippen molar-refractivity contribution < 1.29 is 14.3 Å². The molecule has 0 spiro atoms. The van der Waals surface area contributed by atoms with E-state index in [0.717, 1.165) is 0 Å². The van der Waals surface area contributed by atoms with Crippen molar-refractivity contribution >= 4 is 33.3 Å². The Hall–Kier alpha value is -2.67. The molecule has 1 atom stereocenters. The maximum absolute atomic E-state index is 12.9. The van der Waals surface area contributed by atoms with E-state index < -0.39 is 6.04 Å². The highest BCUT2D eigenvalue weighted by Gasteiger charge is 2.27. The molecule has 3 rings (SSSR count). The molecule has 2 aromatic rings. The number of fused-ring (bicyclic) bond motifs is 1. The largest absolute Gasteiger partial charge is 0.482 e. The maximum atomic E-state index is 12.9. The Morgan fingerprint density at radius 3 is 2.85 bits per heavy atom. The Kier molecular flexibility index (Phi) is 5.08. The first-order chi connectivity index (χ1) is 12.4. The molecule has 1 aromatic heterocycles. The number of ether oxygens (including phenoxy) is 1. The summed E-state index contributed by atoms with van der Waals surface area (Å²) in [4.78, 5) is 38.6. The Balaban J connectivity index is 1.98. The summed E-state index contributed by atoms with van der Waals surface area (Å²) >= 11 is 3.31. The first-order valence-corrected chi connectivity index (χ1v) is 8.81. The van der Waals surface area contributed by atoms with Gasteiger partial charge in [-0.15, -0.1) is 6.58 Å². The minimum absolute atomic E-state index is 0.0437. The van der Waals surface area contributed by atoms with Gasteiger partial charge >= 0.3 is 0 Å². The Labute approximate surface area is 158 Å². The topological polar surface area (TPSA) is 68.6 Å². The minimum Gasteiger partial charge on any atom is -0.482 e. The summed E-state index contributed by atoms with van der Waals surface area (Å²) < 4.78 is 7.51. The number of aromatic nitrogens is 1. The molecule has 2 heterocycles. The van der Waals surface area contributed by atoms with Gasteiger partial charge in [0.15, 0.2) is 12.4 Å². The number of halogens is 1. The van der Waals surface area contributed by atoms with Gasteiger partial charge < -0.3 is 14.2 Å². The van der Waals surface area contributed by atoms with Gasteiger partial charge in [-0.3, -0.25) is 14.4 Å². The zero-order chi connectivity index (χ0) is 18.8. The highest BCUT2D eigenvalue weighted by molar-refractivity contribution is 9.10. The second-order valence-corrected chi connectivity index (χ2v) is 6.81. The second kappa shape index (κ2) is 7.29. The molecule has 1 unspecified atom stereocenters. The first-order valence-electron chi connectivity index (χ1n) is 8.02. The third kappa shape index (κ3) is 3.35. The van der Waals surface area contributed by atoms with Crippen LogP contribution in [-0.4, -0.2) is 29.4 Å². The summed E-state index contributed by atoms with van der Waals surface area (Å²) in [6.45, 7) is 5.61. The molecule has 0 saturated heterocycles. The molecule has 134 valence electrons. The van der Waals surface area contributed by atoms with E-state index in [1.807, 2.05) is 0 Å². The first kappa shape index (κ1) is 18.1. The number of anilines is 1. The molecular formula is C19H17BrN2O4. The average Bonchev–Trinajstić information content (AvgIpc) is 2.64. The van der Waals surface area contributed by atoms with Crippen LogP contribution in [0.25, 0.3) is 0 Å². The minimum atomic E-state index is -0.689. The number of Topliss-reactive ketones (excluding diaryl/α,β-unsaturated/α-hetero) is 1. The third-order valence-electron chi connectivity index (χ3n) is 4.20. The van der Waals surface area contributed by atoms with Crippen molar-refractivity contribution in [1.29, 1.82) is 0 Å². The normalized spacial score (nSPS) is 14.4. The van der Waals surface area contributed by atoms with Crippen LogP contribution in [0, 0.1) is 0 Å². The molecule has 6 nitrogen and oxygen atoms in total. The van der Waals surface area contributed by atoms with Crippen molar-refractivity contribution in [3.05, 3.63) is 69.6 Å². The van der Waals surface area contributed by atoms with Crippen molar-refractivity contribution in [2.24, 2.45) is 0 Å². The number of benzene rings is 1. The van der Waals surface area contributed by atoms with Crippen LogP contribution in [0.5, 0.6) is 5.75 Å². The molecular weight excluding hydrogens is 400 g/mol. The fraction of sp³-hybridized carbons (Fsp3) is 0.211. The Morgan fingerprint density at radius 2 is 2.12 bits per heavy atom. The van der Waals surface area contributed by atoms with E-state index in [-0.39, 0.29) is 23.9 Å². The fourth-order valence-electron chi connectivity index (χ4n) is 2.83. The molecule has 0 bridgehead atoms. The number of hydrogen-bond donors (Lipinski definition) is 0. The molecule has 26 heavy (non-hydrogen) atoms. The van der Waals surface area contributed by atoms with Crippen molar-refractivity contribution in [2.75, 3.05) is 18.1 Å². The monoisotopic (exact) mass is 416 g/mol. The van der Waals surface area contributed by atoms with E-state index >= 15 is 0 Å². The summed E-state index contributed by atoms with van der Waals surface area (Å²) in [6, 6.07) is 7.28. The summed E-state index contributed by atoms with van der Waals surface area (Å²) in [6.07, 6.45) is 3.20. The number of pyridine rings is 1. The van der Waals surface area contributed by atoms with E-state index in [0.29, 0.717) is 28.0 Å². The summed E-state index contributed by atoms with van der Waals surface area (Å²) in [7, 11) is 0. The van der Waals surface area contributed by atoms with E-state index in [1.165, 1.54) is 15.5 Å². The molecule has 0 saturated carbocycles. The van der Waals surface area contributed by atoms with E-state index in [9.17, 15) is 14.4 Å². The van der Waals surface area contributed by atoms with Crippen LogP contribution in [0.15, 0.2) is 58.5 Å². The van der Waals surface area contributed by atoms with Crippen LogP contribution in [0.4, 0.5) is 5.69 Å². The average molecular weight is 417 g/mol. The van der Waals surface area contributed by atoms with Gasteiger partial charge in [-0.05, 0) is 47.1 Å². The molecule has 0 radical (unpaired) electrons. The molecule has 1 aliphatic rings. The molecule has 1 aromatic carbocycles. The fourth-order valence-corrected chi connectivity index (χ4v) is 3.18. The predicted molar refractivity (Wildman–Crippen MR) is 102 cm³/mol. The van der Waals surface area contributed by atoms with Crippen LogP contribution >= 0.6 is 15.9 Å². The number of nitrogens with zero attached hydrogens (tertiary/aromatic N) is 2. The number of hydrogen-bond acceptors (Lipinski definition) is 4. The van der Waals surface area contributed by atoms with Crippen molar-refractivity contribution in [1.82, 2.24) is 4.57 Å². The third-order valence-corrected chi connectivity index (χ3v) is 4.67. The quantitative estimate of drug-likeness (QED) is 0.554. The van der Waals surface area contributed by atoms with Crippen LogP contribution < -0.4 is 15.2 Å². The predicted octanol–water partition coefficient (Wildman–Crippen LogP) is 2.97. The second-order valence-electron chi connectivity index (χ2n) is 5.90. The number of carbonyl (C=O) groups is 2. The van der Waals surface area contributed by atoms with Crippen LogP contribution in [0.3, 0.4) is 0 Å². The van der Waals surface area contributed by atoms with Crippen LogP contribution in [0.2, 0.25) is 0 Å². The zero-order valence-corrected chi connectivity index (χ0v) is 15.7. The smallest absolute Gasteiger partial charge is 0.265 e. The summed E-state index contributed by atoms with van der Waals surface area (Å²) in [5, 5.41) is 0. The maximum Gasteiger partial charge on any atom is 0.265 e. The summed E-state index contributed by atoms with van der Waals surface area (Å²) in [5.74, 6) is 0.109. The molecule has 0 fully saturated rings. The SMILES string of the molecule is C=CCN1C(=O)COc2ccc(C(=O)C(C)n3cc(Br)ccc3=O)cc21. The lowest BCUT2D eigenvalue weighted by Crippen LogP contribution is -2.39. The highest BCUT2D eigenvalue weighted by Crippen LogP contribution is 2.33. The Morgan fingerprint density at radius 1 is 1.35 bits per heavy atom. The van der Waals surface area contributed by atoms with Crippen molar-refractivity contribution in [3.8, 4) is 5.75 Å². The molecule has 0 N–H and O–H groups in total. The lowest BCUT2D eigenvalue weighted by Gasteiger charge is -2.29. The number of ketones is 1. The number of carbonyl (C=O) groups excluding carboxylic acids is 2. The van der Waals surface area contributed by atoms with E-state index in [4.69, 9.17) is 4.74 Å². The van der Waals surface area contributed by atoms with Crippen molar-refractivity contribution in [2.45, 2.75) is 13.0 Å². The van der Waals surface area contributed by atoms with Gasteiger partial charge in [-0.2, -0.15) is 0 Å². The lowest BCUT2D eigenvalue weighted by molar-refractivity contribution is -0.121. The van der Waals surface area contributed by atoms with Gasteiger partial charge in [0, 0.05) is 28.8 Å². The van der Waals surface area contributed by atoms with Crippen molar-refractivity contribution in [3.63, 3.8) is 0 Å². The molecule has 7 heteroatoms. The van der Waals surface area contributed by atoms with Gasteiger partial charge in [0.2, 0.25) is 0 Å². The van der Waals surface area contributed by atoms with Gasteiger partial charge in [0.1, 0.15) is 5.75 Å². The lowest BCUT2D eigenvalue weighted by atomic mass is 10.0. The van der Waals surface area contributed by atoms with Crippen LogP contribution in [-0.2, 0) is 4.79 Å². The van der Waals surface area contributed by atoms with Gasteiger partial charge in [-0.25, -0.2) is 0 Å². The van der Waals surface area contributed by atoms with E-state index in [2.05, 4.69) is 22.5 Å². The van der Waals surface area contributed by atoms with Gasteiger partial charge in [-0.1, -0.05) is 6.08 Å². The van der Waals surface area contributed by atoms with Crippen LogP contribution in [0.1, 0.15) is 23.3 Å². The molecule has 0 aliphatic carbocycles. The highest BCUT2D eigenvalue weighted by atomic mass is 79.9. The number of amides is 1.